The minimum atomic E-state index is -1.24. The molecule has 0 spiro atoms. The third-order valence-electron chi connectivity index (χ3n) is 6.53. The Labute approximate surface area is 196 Å². The van der Waals surface area contributed by atoms with E-state index in [0.717, 1.165) is 24.8 Å². The lowest BCUT2D eigenvalue weighted by atomic mass is 9.82. The number of esters is 2. The maximum Gasteiger partial charge on any atom is 0.328 e. The fourth-order valence-electron chi connectivity index (χ4n) is 4.07. The second kappa shape index (κ2) is 16.7. The van der Waals surface area contributed by atoms with Crippen LogP contribution in [0.25, 0.3) is 0 Å². The topological polar surface area (TPSA) is 52.6 Å². The monoisotopic (exact) mass is 446 g/mol. The van der Waals surface area contributed by atoms with E-state index in [9.17, 15) is 9.59 Å². The van der Waals surface area contributed by atoms with E-state index in [1.54, 1.807) is 6.07 Å². The number of rotatable bonds is 18. The summed E-state index contributed by atoms with van der Waals surface area (Å²) in [4.78, 5) is 25.9. The first-order valence-corrected chi connectivity index (χ1v) is 13.0. The number of benzene rings is 1. The van der Waals surface area contributed by atoms with E-state index in [1.807, 2.05) is 39.0 Å². The SMILES string of the molecule is CCCCCCCCCCCCCOC(=O)C(CC)(CC)C(=O)Oc1ccccc1CC. The molecule has 0 N–H and O–H groups in total. The summed E-state index contributed by atoms with van der Waals surface area (Å²) in [6.07, 6.45) is 15.2. The highest BCUT2D eigenvalue weighted by Gasteiger charge is 2.46. The summed E-state index contributed by atoms with van der Waals surface area (Å²) in [5, 5.41) is 0. The first-order chi connectivity index (χ1) is 15.6. The molecular formula is C28H46O4. The Balaban J connectivity index is 2.37. The van der Waals surface area contributed by atoms with Crippen LogP contribution in [0.1, 0.15) is 117 Å². The fourth-order valence-corrected chi connectivity index (χ4v) is 4.07. The molecule has 0 aromatic heterocycles. The van der Waals surface area contributed by atoms with E-state index >= 15 is 0 Å². The van der Waals surface area contributed by atoms with Crippen molar-refractivity contribution in [1.29, 1.82) is 0 Å². The van der Waals surface area contributed by atoms with Gasteiger partial charge in [0.15, 0.2) is 5.41 Å². The van der Waals surface area contributed by atoms with Crippen molar-refractivity contribution in [3.05, 3.63) is 29.8 Å². The van der Waals surface area contributed by atoms with E-state index < -0.39 is 17.4 Å². The Morgan fingerprint density at radius 3 is 1.78 bits per heavy atom. The Bertz CT molecular complexity index is 649. The molecule has 0 unspecified atom stereocenters. The number of carbonyl (C=O) groups is 2. The van der Waals surface area contributed by atoms with Gasteiger partial charge in [0.05, 0.1) is 6.61 Å². The number of hydrogen-bond acceptors (Lipinski definition) is 4. The van der Waals surface area contributed by atoms with Crippen LogP contribution in [0.3, 0.4) is 0 Å². The molecule has 4 heteroatoms. The van der Waals surface area contributed by atoms with Crippen LogP contribution < -0.4 is 4.74 Å². The molecule has 0 saturated carbocycles. The van der Waals surface area contributed by atoms with Gasteiger partial charge in [-0.25, -0.2) is 0 Å². The number of para-hydroxylation sites is 1. The van der Waals surface area contributed by atoms with Gasteiger partial charge in [-0.2, -0.15) is 0 Å². The number of unbranched alkanes of at least 4 members (excludes halogenated alkanes) is 10. The molecule has 4 nitrogen and oxygen atoms in total. The first kappa shape index (κ1) is 28.2. The lowest BCUT2D eigenvalue weighted by Gasteiger charge is -2.27. The average molecular weight is 447 g/mol. The fraction of sp³-hybridized carbons (Fsp3) is 0.714. The van der Waals surface area contributed by atoms with Gasteiger partial charge in [0, 0.05) is 0 Å². The lowest BCUT2D eigenvalue weighted by Crippen LogP contribution is -2.42. The first-order valence-electron chi connectivity index (χ1n) is 13.0. The van der Waals surface area contributed by atoms with Crippen molar-refractivity contribution in [2.45, 2.75) is 118 Å². The molecule has 0 aliphatic rings. The van der Waals surface area contributed by atoms with Crippen molar-refractivity contribution in [1.82, 2.24) is 0 Å². The zero-order valence-electron chi connectivity index (χ0n) is 21.0. The third-order valence-corrected chi connectivity index (χ3v) is 6.53. The summed E-state index contributed by atoms with van der Waals surface area (Å²) in [5.41, 5.74) is -0.283. The summed E-state index contributed by atoms with van der Waals surface area (Å²) in [7, 11) is 0. The summed E-state index contributed by atoms with van der Waals surface area (Å²) in [5.74, 6) is -0.426. The molecule has 1 aromatic rings. The van der Waals surface area contributed by atoms with Gasteiger partial charge in [-0.1, -0.05) is 110 Å². The van der Waals surface area contributed by atoms with Gasteiger partial charge in [-0.15, -0.1) is 0 Å². The van der Waals surface area contributed by atoms with Crippen LogP contribution in [0, 0.1) is 5.41 Å². The van der Waals surface area contributed by atoms with Crippen molar-refractivity contribution in [2.24, 2.45) is 5.41 Å². The Hall–Kier alpha value is -1.84. The quantitative estimate of drug-likeness (QED) is 0.0998. The predicted molar refractivity (Wildman–Crippen MR) is 132 cm³/mol. The summed E-state index contributed by atoms with van der Waals surface area (Å²) in [6, 6.07) is 7.48. The summed E-state index contributed by atoms with van der Waals surface area (Å²) >= 11 is 0. The van der Waals surface area contributed by atoms with Gasteiger partial charge < -0.3 is 9.47 Å². The van der Waals surface area contributed by atoms with E-state index in [0.29, 0.717) is 25.2 Å². The molecule has 0 fully saturated rings. The lowest BCUT2D eigenvalue weighted by molar-refractivity contribution is -0.168. The third kappa shape index (κ3) is 9.34. The highest BCUT2D eigenvalue weighted by molar-refractivity contribution is 6.00. The molecule has 0 amide bonds. The van der Waals surface area contributed by atoms with Crippen LogP contribution >= 0.6 is 0 Å². The minimum Gasteiger partial charge on any atom is -0.465 e. The molecule has 1 aromatic carbocycles. The van der Waals surface area contributed by atoms with Crippen molar-refractivity contribution >= 4 is 11.9 Å². The summed E-state index contributed by atoms with van der Waals surface area (Å²) in [6.45, 7) is 8.33. The van der Waals surface area contributed by atoms with Crippen LogP contribution in [-0.2, 0) is 20.7 Å². The maximum atomic E-state index is 13.0. The Kier molecular flexibility index (Phi) is 14.8. The molecule has 0 aliphatic heterocycles. The minimum absolute atomic E-state index is 0.369. The van der Waals surface area contributed by atoms with Gasteiger partial charge in [-0.3, -0.25) is 9.59 Å². The molecular weight excluding hydrogens is 400 g/mol. The van der Waals surface area contributed by atoms with Crippen LogP contribution in [0.15, 0.2) is 24.3 Å². The van der Waals surface area contributed by atoms with Crippen molar-refractivity contribution in [3.63, 3.8) is 0 Å². The molecule has 182 valence electrons. The highest BCUT2D eigenvalue weighted by Crippen LogP contribution is 2.32. The largest absolute Gasteiger partial charge is 0.465 e. The van der Waals surface area contributed by atoms with Gasteiger partial charge in [0.1, 0.15) is 5.75 Å². The van der Waals surface area contributed by atoms with Crippen molar-refractivity contribution in [3.8, 4) is 5.75 Å². The predicted octanol–water partition coefficient (Wildman–Crippen LogP) is 7.82. The van der Waals surface area contributed by atoms with Crippen molar-refractivity contribution in [2.75, 3.05) is 6.61 Å². The number of aryl methyl sites for hydroxylation is 1. The van der Waals surface area contributed by atoms with Gasteiger partial charge in [-0.05, 0) is 37.3 Å². The average Bonchev–Trinajstić information content (AvgIpc) is 2.81. The van der Waals surface area contributed by atoms with Crippen molar-refractivity contribution < 1.29 is 19.1 Å². The number of ether oxygens (including phenoxy) is 2. The molecule has 0 heterocycles. The van der Waals surface area contributed by atoms with Crippen LogP contribution in [-0.4, -0.2) is 18.5 Å². The van der Waals surface area contributed by atoms with Gasteiger partial charge in [0.25, 0.3) is 0 Å². The normalized spacial score (nSPS) is 11.4. The smallest absolute Gasteiger partial charge is 0.328 e. The number of hydrogen-bond donors (Lipinski definition) is 0. The van der Waals surface area contributed by atoms with E-state index in [4.69, 9.17) is 9.47 Å². The molecule has 1 rings (SSSR count). The Morgan fingerprint density at radius 2 is 1.25 bits per heavy atom. The molecule has 0 aliphatic carbocycles. The molecule has 32 heavy (non-hydrogen) atoms. The van der Waals surface area contributed by atoms with E-state index in [1.165, 1.54) is 57.8 Å². The molecule has 0 radical (unpaired) electrons. The second-order valence-electron chi connectivity index (χ2n) is 8.81. The zero-order chi connectivity index (χ0) is 23.7. The molecule has 0 saturated heterocycles. The zero-order valence-corrected chi connectivity index (χ0v) is 21.0. The van der Waals surface area contributed by atoms with Crippen LogP contribution in [0.4, 0.5) is 0 Å². The second-order valence-corrected chi connectivity index (χ2v) is 8.81. The van der Waals surface area contributed by atoms with Crippen LogP contribution in [0.5, 0.6) is 5.75 Å². The van der Waals surface area contributed by atoms with Crippen LogP contribution in [0.2, 0.25) is 0 Å². The Morgan fingerprint density at radius 1 is 0.719 bits per heavy atom. The summed E-state index contributed by atoms with van der Waals surface area (Å²) < 4.78 is 11.2. The van der Waals surface area contributed by atoms with E-state index in [2.05, 4.69) is 6.92 Å². The van der Waals surface area contributed by atoms with E-state index in [-0.39, 0.29) is 0 Å². The molecule has 0 atom stereocenters. The van der Waals surface area contributed by atoms with Gasteiger partial charge in [0.2, 0.25) is 0 Å². The highest BCUT2D eigenvalue weighted by atomic mass is 16.6. The maximum absolute atomic E-state index is 13.0. The van der Waals surface area contributed by atoms with Gasteiger partial charge >= 0.3 is 11.9 Å². The standard InChI is InChI=1S/C28H46O4/c1-5-9-10-11-12-13-14-15-16-17-20-23-31-26(29)28(7-3,8-4)27(30)32-25-22-19-18-21-24(25)6-2/h18-19,21-22H,5-17,20,23H2,1-4H3. The molecule has 0 bridgehead atoms. The number of carbonyl (C=O) groups excluding carboxylic acids is 2.